The van der Waals surface area contributed by atoms with Crippen molar-refractivity contribution < 1.29 is 9.53 Å². The van der Waals surface area contributed by atoms with Gasteiger partial charge in [-0.15, -0.1) is 0 Å². The molecule has 0 saturated carbocycles. The molecule has 0 unspecified atom stereocenters. The van der Waals surface area contributed by atoms with Gasteiger partial charge in [0.25, 0.3) is 5.91 Å². The monoisotopic (exact) mass is 274 g/mol. The number of rotatable bonds is 4. The van der Waals surface area contributed by atoms with E-state index in [0.29, 0.717) is 0 Å². The number of nitrogens with two attached hydrogens (primary N) is 1. The lowest BCUT2D eigenvalue weighted by Crippen LogP contribution is -2.35. The molecule has 1 amide bonds. The van der Waals surface area contributed by atoms with Crippen molar-refractivity contribution in [2.75, 3.05) is 18.6 Å². The van der Waals surface area contributed by atoms with E-state index >= 15 is 0 Å². The van der Waals surface area contributed by atoms with Gasteiger partial charge in [-0.25, -0.2) is 0 Å². The molecule has 4 heteroatoms. The Morgan fingerprint density at radius 3 is 2.90 bits per heavy atom. The largest absolute Gasteiger partial charge is 0.482 e. The predicted octanol–water partition coefficient (Wildman–Crippen LogP) is 2.57. The van der Waals surface area contributed by atoms with E-state index in [-0.39, 0.29) is 18.1 Å². The number of ether oxygens (including phenoxy) is 1. The molecule has 0 radical (unpaired) electrons. The Hall–Kier alpha value is -1.81. The van der Waals surface area contributed by atoms with Crippen molar-refractivity contribution in [3.63, 3.8) is 0 Å². The van der Waals surface area contributed by atoms with E-state index in [4.69, 9.17) is 10.5 Å². The van der Waals surface area contributed by atoms with E-state index in [1.165, 1.54) is 0 Å². The van der Waals surface area contributed by atoms with Crippen molar-refractivity contribution in [2.24, 2.45) is 5.73 Å². The maximum Gasteiger partial charge on any atom is 0.264 e. The second-order valence-electron chi connectivity index (χ2n) is 5.90. The topological polar surface area (TPSA) is 55.6 Å². The molecule has 0 fully saturated rings. The van der Waals surface area contributed by atoms with Gasteiger partial charge in [-0.3, -0.25) is 4.79 Å². The fourth-order valence-corrected chi connectivity index (χ4v) is 2.07. The van der Waals surface area contributed by atoms with Crippen molar-refractivity contribution in [3.05, 3.63) is 29.8 Å². The standard InChI is InChI=1S/C16H22N2O2/c1-16(2,17)9-5-4-6-12-7-8-14-13(10-12)18(3)15(19)11-20-14/h4,6-8,10H,5,9,11,17H2,1-3H3/b6-4+. The summed E-state index contributed by atoms with van der Waals surface area (Å²) in [5.74, 6) is 0.732. The first-order chi connectivity index (χ1) is 9.37. The Kier molecular flexibility index (Phi) is 4.14. The maximum absolute atomic E-state index is 11.6. The molecule has 20 heavy (non-hydrogen) atoms. The number of hydrogen-bond acceptors (Lipinski definition) is 3. The number of allylic oxidation sites excluding steroid dienone is 1. The van der Waals surface area contributed by atoms with Crippen molar-refractivity contribution in [1.29, 1.82) is 0 Å². The fraction of sp³-hybridized carbons (Fsp3) is 0.438. The number of hydrogen-bond donors (Lipinski definition) is 1. The molecule has 2 N–H and O–H groups in total. The maximum atomic E-state index is 11.6. The minimum atomic E-state index is -0.138. The van der Waals surface area contributed by atoms with Crippen LogP contribution in [0.3, 0.4) is 0 Å². The van der Waals surface area contributed by atoms with Crippen molar-refractivity contribution in [2.45, 2.75) is 32.2 Å². The van der Waals surface area contributed by atoms with Crippen molar-refractivity contribution in [1.82, 2.24) is 0 Å². The Morgan fingerprint density at radius 2 is 2.20 bits per heavy atom. The lowest BCUT2D eigenvalue weighted by molar-refractivity contribution is -0.120. The molecule has 0 saturated heterocycles. The van der Waals surface area contributed by atoms with Crippen LogP contribution in [0, 0.1) is 0 Å². The zero-order valence-corrected chi connectivity index (χ0v) is 12.3. The number of benzene rings is 1. The third kappa shape index (κ3) is 3.61. The summed E-state index contributed by atoms with van der Waals surface area (Å²) in [7, 11) is 1.77. The minimum Gasteiger partial charge on any atom is -0.482 e. The Morgan fingerprint density at radius 1 is 1.45 bits per heavy atom. The lowest BCUT2D eigenvalue weighted by atomic mass is 10.00. The molecule has 0 atom stereocenters. The summed E-state index contributed by atoms with van der Waals surface area (Å²) < 4.78 is 5.40. The number of amides is 1. The summed E-state index contributed by atoms with van der Waals surface area (Å²) in [4.78, 5) is 13.2. The molecule has 1 aromatic rings. The van der Waals surface area contributed by atoms with Crippen molar-refractivity contribution >= 4 is 17.7 Å². The minimum absolute atomic E-state index is 0.0245. The van der Waals surface area contributed by atoms with Gasteiger partial charge in [0.15, 0.2) is 6.61 Å². The average Bonchev–Trinajstić information content (AvgIpc) is 2.38. The number of nitrogens with zero attached hydrogens (tertiary/aromatic N) is 1. The summed E-state index contributed by atoms with van der Waals surface area (Å²) in [6.45, 7) is 4.17. The second kappa shape index (κ2) is 5.67. The van der Waals surface area contributed by atoms with Crippen LogP contribution in [0.5, 0.6) is 5.75 Å². The zero-order valence-electron chi connectivity index (χ0n) is 12.3. The van der Waals surface area contributed by atoms with E-state index < -0.39 is 0 Å². The van der Waals surface area contributed by atoms with Gasteiger partial charge in [0.1, 0.15) is 5.75 Å². The van der Waals surface area contributed by atoms with E-state index in [1.54, 1.807) is 11.9 Å². The molecule has 0 aromatic heterocycles. The van der Waals surface area contributed by atoms with Crippen LogP contribution in [0.4, 0.5) is 5.69 Å². The van der Waals surface area contributed by atoms with E-state index in [9.17, 15) is 4.79 Å². The molecule has 1 aromatic carbocycles. The second-order valence-corrected chi connectivity index (χ2v) is 5.90. The van der Waals surface area contributed by atoms with Crippen LogP contribution >= 0.6 is 0 Å². The normalized spacial score (nSPS) is 15.4. The molecule has 0 bridgehead atoms. The molecule has 1 heterocycles. The van der Waals surface area contributed by atoms with Gasteiger partial charge in [0, 0.05) is 12.6 Å². The highest BCUT2D eigenvalue weighted by atomic mass is 16.5. The van der Waals surface area contributed by atoms with Gasteiger partial charge in [0.2, 0.25) is 0 Å². The van der Waals surface area contributed by atoms with Crippen LogP contribution < -0.4 is 15.4 Å². The number of carbonyl (C=O) groups excluding carboxylic acids is 1. The number of fused-ring (bicyclic) bond motifs is 1. The summed E-state index contributed by atoms with van der Waals surface area (Å²) >= 11 is 0. The number of likely N-dealkylation sites (N-methyl/N-ethyl adjacent to an activating group) is 1. The molecular weight excluding hydrogens is 252 g/mol. The van der Waals surface area contributed by atoms with Gasteiger partial charge in [-0.2, -0.15) is 0 Å². The number of anilines is 1. The van der Waals surface area contributed by atoms with E-state index in [0.717, 1.165) is 29.8 Å². The first-order valence-corrected chi connectivity index (χ1v) is 6.86. The Bertz CT molecular complexity index is 530. The van der Waals surface area contributed by atoms with Crippen LogP contribution in [-0.2, 0) is 4.79 Å². The SMILES string of the molecule is CN1C(=O)COc2ccc(/C=C/CCC(C)(C)N)cc21. The highest BCUT2D eigenvalue weighted by molar-refractivity contribution is 5.97. The third-order valence-electron chi connectivity index (χ3n) is 3.34. The smallest absolute Gasteiger partial charge is 0.264 e. The van der Waals surface area contributed by atoms with Gasteiger partial charge in [0.05, 0.1) is 5.69 Å². The van der Waals surface area contributed by atoms with Crippen LogP contribution in [0.15, 0.2) is 24.3 Å². The van der Waals surface area contributed by atoms with Crippen LogP contribution in [-0.4, -0.2) is 25.1 Å². The molecule has 1 aliphatic rings. The van der Waals surface area contributed by atoms with Crippen LogP contribution in [0.25, 0.3) is 6.08 Å². The van der Waals surface area contributed by atoms with Crippen LogP contribution in [0.2, 0.25) is 0 Å². The van der Waals surface area contributed by atoms with Gasteiger partial charge >= 0.3 is 0 Å². The van der Waals surface area contributed by atoms with Gasteiger partial charge < -0.3 is 15.4 Å². The first kappa shape index (κ1) is 14.6. The summed E-state index contributed by atoms with van der Waals surface area (Å²) in [6.07, 6.45) is 6.04. The average molecular weight is 274 g/mol. The Labute approximate surface area is 120 Å². The highest BCUT2D eigenvalue weighted by Gasteiger charge is 2.21. The molecule has 4 nitrogen and oxygen atoms in total. The lowest BCUT2D eigenvalue weighted by Gasteiger charge is -2.26. The molecular formula is C16H22N2O2. The molecule has 0 spiro atoms. The van der Waals surface area contributed by atoms with E-state index in [2.05, 4.69) is 12.2 Å². The summed E-state index contributed by atoms with van der Waals surface area (Å²) in [5, 5.41) is 0. The van der Waals surface area contributed by atoms with Crippen molar-refractivity contribution in [3.8, 4) is 5.75 Å². The molecule has 2 rings (SSSR count). The van der Waals surface area contributed by atoms with Gasteiger partial charge in [-0.1, -0.05) is 18.2 Å². The third-order valence-corrected chi connectivity index (χ3v) is 3.34. The summed E-state index contributed by atoms with van der Waals surface area (Å²) in [6, 6.07) is 5.87. The van der Waals surface area contributed by atoms with E-state index in [1.807, 2.05) is 32.0 Å². The van der Waals surface area contributed by atoms with Crippen LogP contribution in [0.1, 0.15) is 32.3 Å². The zero-order chi connectivity index (χ0) is 14.8. The number of carbonyl (C=O) groups is 1. The Balaban J connectivity index is 2.07. The fourth-order valence-electron chi connectivity index (χ4n) is 2.07. The highest BCUT2D eigenvalue weighted by Crippen LogP contribution is 2.32. The summed E-state index contributed by atoms with van der Waals surface area (Å²) in [5.41, 5.74) is 7.69. The quantitative estimate of drug-likeness (QED) is 0.918. The first-order valence-electron chi connectivity index (χ1n) is 6.86. The molecule has 108 valence electrons. The van der Waals surface area contributed by atoms with Gasteiger partial charge in [-0.05, 0) is 44.4 Å². The predicted molar refractivity (Wildman–Crippen MR) is 81.9 cm³/mol. The molecule has 1 aliphatic heterocycles. The molecule has 0 aliphatic carbocycles.